The molecule has 0 saturated carbocycles. The molecule has 2 heterocycles. The maximum Gasteiger partial charge on any atom is 0.231 e. The summed E-state index contributed by atoms with van der Waals surface area (Å²) in [6.45, 7) is 7.52. The molecule has 98 valence electrons. The molecule has 5 heteroatoms. The second-order valence-electron chi connectivity index (χ2n) is 4.73. The third kappa shape index (κ3) is 2.16. The molecule has 2 aliphatic rings. The minimum atomic E-state index is 0.271. The molecule has 2 aliphatic heterocycles. The highest BCUT2D eigenvalue weighted by atomic mass is 35.5. The van der Waals surface area contributed by atoms with E-state index in [-0.39, 0.29) is 6.79 Å². The van der Waals surface area contributed by atoms with E-state index in [2.05, 4.69) is 17.1 Å². The number of rotatable bonds is 2. The molecule has 1 N–H and O–H groups in total. The summed E-state index contributed by atoms with van der Waals surface area (Å²) in [5.41, 5.74) is 2.37. The zero-order valence-electron chi connectivity index (χ0n) is 10.5. The van der Waals surface area contributed by atoms with Crippen LogP contribution in [0.1, 0.15) is 11.1 Å². The number of hydrogen-bond acceptors (Lipinski definition) is 4. The van der Waals surface area contributed by atoms with Gasteiger partial charge in [0.1, 0.15) is 0 Å². The van der Waals surface area contributed by atoms with Gasteiger partial charge in [-0.25, -0.2) is 0 Å². The van der Waals surface area contributed by atoms with Crippen molar-refractivity contribution in [3.8, 4) is 11.5 Å². The monoisotopic (exact) mass is 268 g/mol. The Morgan fingerprint density at radius 2 is 2.00 bits per heavy atom. The molecule has 1 saturated heterocycles. The second-order valence-corrected chi connectivity index (χ2v) is 5.14. The number of halogens is 1. The Bertz CT molecular complexity index is 459. The average molecular weight is 269 g/mol. The summed E-state index contributed by atoms with van der Waals surface area (Å²) in [6.07, 6.45) is 0. The average Bonchev–Trinajstić information content (AvgIpc) is 2.87. The minimum Gasteiger partial charge on any atom is -0.453 e. The van der Waals surface area contributed by atoms with Gasteiger partial charge in [0.25, 0.3) is 0 Å². The third-order valence-electron chi connectivity index (χ3n) is 3.56. The summed E-state index contributed by atoms with van der Waals surface area (Å²) in [4.78, 5) is 2.43. The van der Waals surface area contributed by atoms with Crippen LogP contribution in [0, 0.1) is 6.92 Å². The van der Waals surface area contributed by atoms with Crippen LogP contribution in [0.5, 0.6) is 11.5 Å². The normalized spacial score (nSPS) is 19.2. The molecule has 1 aromatic rings. The molecule has 3 rings (SSSR count). The number of fused-ring (bicyclic) bond motifs is 1. The summed E-state index contributed by atoms with van der Waals surface area (Å²) in [6, 6.07) is 2.01. The van der Waals surface area contributed by atoms with Crippen molar-refractivity contribution in [2.75, 3.05) is 33.0 Å². The molecule has 0 spiro atoms. The van der Waals surface area contributed by atoms with Crippen LogP contribution in [0.15, 0.2) is 6.07 Å². The van der Waals surface area contributed by atoms with E-state index >= 15 is 0 Å². The molecular formula is C13H17ClN2O2. The van der Waals surface area contributed by atoms with Crippen molar-refractivity contribution in [3.05, 3.63) is 22.2 Å². The first-order chi connectivity index (χ1) is 8.75. The molecule has 1 aromatic carbocycles. The van der Waals surface area contributed by atoms with Gasteiger partial charge in [-0.1, -0.05) is 11.6 Å². The highest BCUT2D eigenvalue weighted by molar-refractivity contribution is 6.32. The molecule has 0 bridgehead atoms. The van der Waals surface area contributed by atoms with E-state index in [1.165, 1.54) is 5.56 Å². The van der Waals surface area contributed by atoms with Gasteiger partial charge in [0, 0.05) is 32.7 Å². The van der Waals surface area contributed by atoms with Crippen LogP contribution in [0.25, 0.3) is 0 Å². The molecule has 0 amide bonds. The maximum absolute atomic E-state index is 6.23. The largest absolute Gasteiger partial charge is 0.453 e. The zero-order valence-corrected chi connectivity index (χ0v) is 11.2. The number of hydrogen-bond donors (Lipinski definition) is 1. The van der Waals surface area contributed by atoms with Crippen molar-refractivity contribution >= 4 is 11.6 Å². The first-order valence-electron chi connectivity index (χ1n) is 6.26. The van der Waals surface area contributed by atoms with Gasteiger partial charge < -0.3 is 14.8 Å². The number of benzene rings is 1. The lowest BCUT2D eigenvalue weighted by molar-refractivity contribution is 0.173. The predicted octanol–water partition coefficient (Wildman–Crippen LogP) is 1.78. The molecule has 1 fully saturated rings. The maximum atomic E-state index is 6.23. The Hall–Kier alpha value is -0.970. The smallest absolute Gasteiger partial charge is 0.231 e. The molecule has 0 aliphatic carbocycles. The van der Waals surface area contributed by atoms with Crippen molar-refractivity contribution in [1.29, 1.82) is 0 Å². The van der Waals surface area contributed by atoms with Crippen LogP contribution in [0.4, 0.5) is 0 Å². The zero-order chi connectivity index (χ0) is 12.5. The highest BCUT2D eigenvalue weighted by Crippen LogP contribution is 2.43. The van der Waals surface area contributed by atoms with Crippen molar-refractivity contribution in [2.24, 2.45) is 0 Å². The summed E-state index contributed by atoms with van der Waals surface area (Å²) < 4.78 is 10.9. The molecule has 0 aromatic heterocycles. The lowest BCUT2D eigenvalue weighted by Crippen LogP contribution is -2.43. The third-order valence-corrected chi connectivity index (χ3v) is 3.84. The Balaban J connectivity index is 1.85. The second kappa shape index (κ2) is 4.96. The molecule has 18 heavy (non-hydrogen) atoms. The van der Waals surface area contributed by atoms with Crippen molar-refractivity contribution in [1.82, 2.24) is 10.2 Å². The standard InChI is InChI=1S/C13H17ClN2O2/c1-9-10(7-16-4-2-15-3-5-16)6-11(14)13-12(9)17-8-18-13/h6,15H,2-5,7-8H2,1H3. The predicted molar refractivity (Wildman–Crippen MR) is 70.5 cm³/mol. The van der Waals surface area contributed by atoms with Crippen molar-refractivity contribution in [3.63, 3.8) is 0 Å². The Morgan fingerprint density at radius 1 is 1.28 bits per heavy atom. The number of nitrogens with one attached hydrogen (secondary N) is 1. The van der Waals surface area contributed by atoms with Gasteiger partial charge in [0.15, 0.2) is 11.5 Å². The number of ether oxygens (including phenoxy) is 2. The summed E-state index contributed by atoms with van der Waals surface area (Å²) in [7, 11) is 0. The number of piperazine rings is 1. The molecule has 0 radical (unpaired) electrons. The van der Waals surface area contributed by atoms with E-state index in [1.54, 1.807) is 0 Å². The summed E-state index contributed by atoms with van der Waals surface area (Å²) in [5.74, 6) is 1.51. The quantitative estimate of drug-likeness (QED) is 0.887. The first kappa shape index (κ1) is 12.1. The van der Waals surface area contributed by atoms with Crippen LogP contribution in [-0.4, -0.2) is 37.9 Å². The van der Waals surface area contributed by atoms with Crippen molar-refractivity contribution in [2.45, 2.75) is 13.5 Å². The highest BCUT2D eigenvalue weighted by Gasteiger charge is 2.23. The van der Waals surface area contributed by atoms with Gasteiger partial charge in [-0.05, 0) is 24.1 Å². The van der Waals surface area contributed by atoms with E-state index in [0.29, 0.717) is 10.8 Å². The summed E-state index contributed by atoms with van der Waals surface area (Å²) in [5, 5.41) is 4.01. The van der Waals surface area contributed by atoms with E-state index < -0.39 is 0 Å². The van der Waals surface area contributed by atoms with Crippen LogP contribution in [0.3, 0.4) is 0 Å². The van der Waals surface area contributed by atoms with E-state index in [0.717, 1.165) is 44.0 Å². The lowest BCUT2D eigenvalue weighted by Gasteiger charge is -2.28. The lowest BCUT2D eigenvalue weighted by atomic mass is 10.1. The van der Waals surface area contributed by atoms with E-state index in [9.17, 15) is 0 Å². The SMILES string of the molecule is Cc1c(CN2CCNCC2)cc(Cl)c2c1OCO2. The minimum absolute atomic E-state index is 0.271. The molecule has 4 nitrogen and oxygen atoms in total. The van der Waals surface area contributed by atoms with Crippen LogP contribution >= 0.6 is 11.6 Å². The number of nitrogens with zero attached hydrogens (tertiary/aromatic N) is 1. The Kier molecular flexibility index (Phi) is 3.33. The van der Waals surface area contributed by atoms with Gasteiger partial charge >= 0.3 is 0 Å². The van der Waals surface area contributed by atoms with Gasteiger partial charge in [0.05, 0.1) is 5.02 Å². The Morgan fingerprint density at radius 3 is 2.78 bits per heavy atom. The van der Waals surface area contributed by atoms with Crippen LogP contribution < -0.4 is 14.8 Å². The van der Waals surface area contributed by atoms with E-state index in [4.69, 9.17) is 21.1 Å². The first-order valence-corrected chi connectivity index (χ1v) is 6.64. The molecular weight excluding hydrogens is 252 g/mol. The summed E-state index contributed by atoms with van der Waals surface area (Å²) >= 11 is 6.23. The fraction of sp³-hybridized carbons (Fsp3) is 0.538. The van der Waals surface area contributed by atoms with Crippen LogP contribution in [-0.2, 0) is 6.54 Å². The van der Waals surface area contributed by atoms with Crippen LogP contribution in [0.2, 0.25) is 5.02 Å². The molecule has 0 unspecified atom stereocenters. The van der Waals surface area contributed by atoms with Gasteiger partial charge in [-0.3, -0.25) is 4.90 Å². The fourth-order valence-corrected chi connectivity index (χ4v) is 2.75. The van der Waals surface area contributed by atoms with Crippen molar-refractivity contribution < 1.29 is 9.47 Å². The van der Waals surface area contributed by atoms with Gasteiger partial charge in [-0.2, -0.15) is 0 Å². The van der Waals surface area contributed by atoms with Gasteiger partial charge in [0.2, 0.25) is 6.79 Å². The fourth-order valence-electron chi connectivity index (χ4n) is 2.48. The Labute approximate surface area is 112 Å². The van der Waals surface area contributed by atoms with Gasteiger partial charge in [-0.15, -0.1) is 0 Å². The van der Waals surface area contributed by atoms with E-state index in [1.807, 2.05) is 6.07 Å². The molecule has 0 atom stereocenters. The topological polar surface area (TPSA) is 33.7 Å².